The second-order valence-corrected chi connectivity index (χ2v) is 5.15. The number of anilines is 3. The van der Waals surface area contributed by atoms with Gasteiger partial charge in [-0.1, -0.05) is 23.2 Å². The van der Waals surface area contributed by atoms with Crippen molar-refractivity contribution in [2.45, 2.75) is 18.9 Å². The molecule has 98 valence electrons. The van der Waals surface area contributed by atoms with Crippen molar-refractivity contribution in [1.29, 1.82) is 0 Å². The fourth-order valence-corrected chi connectivity index (χ4v) is 1.86. The molecule has 1 aromatic carbocycles. The van der Waals surface area contributed by atoms with Gasteiger partial charge in [-0.3, -0.25) is 0 Å². The number of benzene rings is 1. The van der Waals surface area contributed by atoms with E-state index >= 15 is 0 Å². The molecular weight excluding hydrogens is 285 g/mol. The summed E-state index contributed by atoms with van der Waals surface area (Å²) in [6, 6.07) is 5.76. The summed E-state index contributed by atoms with van der Waals surface area (Å²) in [4.78, 5) is 4.33. The molecule has 0 atom stereocenters. The normalized spacial score (nSPS) is 14.2. The maximum absolute atomic E-state index is 5.95. The second-order valence-electron chi connectivity index (χ2n) is 4.34. The molecule has 1 heterocycles. The molecule has 19 heavy (non-hydrogen) atoms. The van der Waals surface area contributed by atoms with Gasteiger partial charge in [-0.05, 0) is 31.0 Å². The van der Waals surface area contributed by atoms with Crippen LogP contribution in [0.2, 0.25) is 10.0 Å². The number of halogens is 2. The van der Waals surface area contributed by atoms with E-state index < -0.39 is 0 Å². The molecule has 0 amide bonds. The molecule has 1 fully saturated rings. The lowest BCUT2D eigenvalue weighted by Gasteiger charge is -2.07. The van der Waals surface area contributed by atoms with Gasteiger partial charge in [0, 0.05) is 11.7 Å². The standard InChI is InChI=1S/C12H11Cl2N5/c13-9-4-3-8(5-10(9)14)17-12-18-11(6-15-19-12)16-7-1-2-7/h3-7H,1-2H2,(H2,16,17,18,19). The van der Waals surface area contributed by atoms with E-state index in [2.05, 4.69) is 25.8 Å². The molecule has 0 unspecified atom stereocenters. The highest BCUT2D eigenvalue weighted by atomic mass is 35.5. The summed E-state index contributed by atoms with van der Waals surface area (Å²) in [6.45, 7) is 0. The smallest absolute Gasteiger partial charge is 0.249 e. The minimum atomic E-state index is 0.420. The van der Waals surface area contributed by atoms with Gasteiger partial charge < -0.3 is 10.6 Å². The molecule has 1 saturated carbocycles. The van der Waals surface area contributed by atoms with Crippen molar-refractivity contribution < 1.29 is 0 Å². The summed E-state index contributed by atoms with van der Waals surface area (Å²) >= 11 is 11.8. The van der Waals surface area contributed by atoms with Gasteiger partial charge in [-0.15, -0.1) is 5.10 Å². The number of nitrogens with zero attached hydrogens (tertiary/aromatic N) is 3. The van der Waals surface area contributed by atoms with E-state index in [1.54, 1.807) is 24.4 Å². The number of hydrogen-bond donors (Lipinski definition) is 2. The topological polar surface area (TPSA) is 62.7 Å². The van der Waals surface area contributed by atoms with Crippen LogP contribution in [0, 0.1) is 0 Å². The maximum atomic E-state index is 5.95. The van der Waals surface area contributed by atoms with Gasteiger partial charge in [0.15, 0.2) is 5.82 Å². The highest BCUT2D eigenvalue weighted by molar-refractivity contribution is 6.42. The molecule has 5 nitrogen and oxygen atoms in total. The molecule has 1 aromatic heterocycles. The minimum absolute atomic E-state index is 0.420. The lowest BCUT2D eigenvalue weighted by Crippen LogP contribution is -2.06. The first-order valence-corrected chi connectivity index (χ1v) is 6.64. The SMILES string of the molecule is Clc1ccc(Nc2nncc(NC3CC3)n2)cc1Cl. The molecule has 1 aliphatic rings. The average Bonchev–Trinajstić information content (AvgIpc) is 3.18. The van der Waals surface area contributed by atoms with Gasteiger partial charge >= 0.3 is 0 Å². The van der Waals surface area contributed by atoms with Gasteiger partial charge in [-0.2, -0.15) is 10.1 Å². The third-order valence-electron chi connectivity index (χ3n) is 2.66. The Bertz CT molecular complexity index is 600. The Morgan fingerprint density at radius 3 is 2.74 bits per heavy atom. The van der Waals surface area contributed by atoms with Gasteiger partial charge in [0.1, 0.15) is 0 Å². The van der Waals surface area contributed by atoms with Crippen LogP contribution in [0.1, 0.15) is 12.8 Å². The van der Waals surface area contributed by atoms with Crippen molar-refractivity contribution >= 4 is 40.7 Å². The highest BCUT2D eigenvalue weighted by Gasteiger charge is 2.21. The van der Waals surface area contributed by atoms with Crippen LogP contribution in [0.15, 0.2) is 24.4 Å². The van der Waals surface area contributed by atoms with E-state index in [1.807, 2.05) is 0 Å². The van der Waals surface area contributed by atoms with Crippen LogP contribution in [-0.2, 0) is 0 Å². The Labute approximate surface area is 120 Å². The van der Waals surface area contributed by atoms with Crippen molar-refractivity contribution in [3.05, 3.63) is 34.4 Å². The fourth-order valence-electron chi connectivity index (χ4n) is 1.57. The lowest BCUT2D eigenvalue weighted by molar-refractivity contribution is 0.965. The van der Waals surface area contributed by atoms with Crippen LogP contribution in [0.4, 0.5) is 17.5 Å². The number of aromatic nitrogens is 3. The molecule has 0 spiro atoms. The third-order valence-corrected chi connectivity index (χ3v) is 3.40. The summed E-state index contributed by atoms with van der Waals surface area (Å²) in [5.41, 5.74) is 0.764. The first-order chi connectivity index (χ1) is 9.20. The van der Waals surface area contributed by atoms with Crippen molar-refractivity contribution in [1.82, 2.24) is 15.2 Å². The Morgan fingerprint density at radius 1 is 1.16 bits per heavy atom. The molecule has 2 aromatic rings. The molecule has 3 rings (SSSR count). The predicted molar refractivity (Wildman–Crippen MR) is 76.2 cm³/mol. The van der Waals surface area contributed by atoms with E-state index in [-0.39, 0.29) is 0 Å². The summed E-state index contributed by atoms with van der Waals surface area (Å²) < 4.78 is 0. The maximum Gasteiger partial charge on any atom is 0.249 e. The molecular formula is C12H11Cl2N5. The quantitative estimate of drug-likeness (QED) is 0.904. The number of hydrogen-bond acceptors (Lipinski definition) is 5. The van der Waals surface area contributed by atoms with Crippen LogP contribution >= 0.6 is 23.2 Å². The van der Waals surface area contributed by atoms with E-state index in [1.165, 1.54) is 12.8 Å². The van der Waals surface area contributed by atoms with E-state index in [9.17, 15) is 0 Å². The predicted octanol–water partition coefficient (Wildman–Crippen LogP) is 3.50. The summed E-state index contributed by atoms with van der Waals surface area (Å²) in [6.07, 6.45) is 3.97. The first-order valence-electron chi connectivity index (χ1n) is 5.89. The molecule has 2 N–H and O–H groups in total. The van der Waals surface area contributed by atoms with Crippen molar-refractivity contribution in [2.75, 3.05) is 10.6 Å². The van der Waals surface area contributed by atoms with Crippen LogP contribution in [0.5, 0.6) is 0 Å². The molecule has 1 aliphatic carbocycles. The van der Waals surface area contributed by atoms with Gasteiger partial charge in [0.25, 0.3) is 0 Å². The van der Waals surface area contributed by atoms with E-state index in [4.69, 9.17) is 23.2 Å². The fraction of sp³-hybridized carbons (Fsp3) is 0.250. The van der Waals surface area contributed by atoms with Crippen molar-refractivity contribution in [3.8, 4) is 0 Å². The molecule has 0 radical (unpaired) electrons. The minimum Gasteiger partial charge on any atom is -0.366 e. The van der Waals surface area contributed by atoms with Crippen molar-refractivity contribution in [2.24, 2.45) is 0 Å². The van der Waals surface area contributed by atoms with E-state index in [0.717, 1.165) is 11.5 Å². The number of nitrogens with one attached hydrogen (secondary N) is 2. The van der Waals surface area contributed by atoms with Gasteiger partial charge in [0.05, 0.1) is 16.2 Å². The van der Waals surface area contributed by atoms with Crippen molar-refractivity contribution in [3.63, 3.8) is 0 Å². The lowest BCUT2D eigenvalue weighted by atomic mass is 10.3. The summed E-state index contributed by atoms with van der Waals surface area (Å²) in [5.74, 6) is 1.14. The molecule has 7 heteroatoms. The Balaban J connectivity index is 1.75. The van der Waals surface area contributed by atoms with Crippen LogP contribution in [-0.4, -0.2) is 21.2 Å². The number of rotatable bonds is 4. The first kappa shape index (κ1) is 12.4. The van der Waals surface area contributed by atoms with Crippen LogP contribution in [0.3, 0.4) is 0 Å². The Hall–Kier alpha value is -1.59. The van der Waals surface area contributed by atoms with Gasteiger partial charge in [-0.25, -0.2) is 0 Å². The largest absolute Gasteiger partial charge is 0.366 e. The van der Waals surface area contributed by atoms with E-state index in [0.29, 0.717) is 22.0 Å². The zero-order valence-electron chi connectivity index (χ0n) is 9.90. The molecule has 0 bridgehead atoms. The Kier molecular flexibility index (Phi) is 3.40. The average molecular weight is 296 g/mol. The third kappa shape index (κ3) is 3.24. The second kappa shape index (κ2) is 5.19. The highest BCUT2D eigenvalue weighted by Crippen LogP contribution is 2.27. The zero-order valence-corrected chi connectivity index (χ0v) is 11.4. The zero-order chi connectivity index (χ0) is 13.2. The summed E-state index contributed by atoms with van der Waals surface area (Å²) in [7, 11) is 0. The Morgan fingerprint density at radius 2 is 2.00 bits per heavy atom. The molecule has 0 aliphatic heterocycles. The molecule has 0 saturated heterocycles. The van der Waals surface area contributed by atoms with Crippen LogP contribution < -0.4 is 10.6 Å². The van der Waals surface area contributed by atoms with Crippen LogP contribution in [0.25, 0.3) is 0 Å². The summed E-state index contributed by atoms with van der Waals surface area (Å²) in [5, 5.41) is 15.1. The monoisotopic (exact) mass is 295 g/mol. The van der Waals surface area contributed by atoms with Gasteiger partial charge in [0.2, 0.25) is 5.95 Å².